The molecule has 0 spiro atoms. The molecule has 5 heteroatoms. The molecule has 0 aliphatic heterocycles. The van der Waals surface area contributed by atoms with Crippen LogP contribution in [0.2, 0.25) is 0 Å². The Balaban J connectivity index is 2.48. The maximum Gasteiger partial charge on any atom is 0.335 e. The van der Waals surface area contributed by atoms with Crippen LogP contribution in [0.5, 0.6) is 0 Å². The summed E-state index contributed by atoms with van der Waals surface area (Å²) in [4.78, 5) is 11.9. The molecule has 1 aliphatic carbocycles. The Morgan fingerprint density at radius 1 is 1.27 bits per heavy atom. The van der Waals surface area contributed by atoms with Gasteiger partial charge in [-0.25, -0.2) is 9.18 Å². The zero-order valence-electron chi connectivity index (χ0n) is 19.0. The third-order valence-electron chi connectivity index (χ3n) is 5.42. The van der Waals surface area contributed by atoms with E-state index in [9.17, 15) is 9.18 Å². The first-order chi connectivity index (χ1) is 14.2. The molecule has 0 fully saturated rings. The third kappa shape index (κ3) is 6.22. The summed E-state index contributed by atoms with van der Waals surface area (Å²) in [6.45, 7) is 11.4. The summed E-state index contributed by atoms with van der Waals surface area (Å²) in [5, 5.41) is 8.47. The SMILES string of the molecule is CC(C)=CCC[C@@]1(C)CC=C(CF)c2nnc(C)cc2[C@@H]1/C=C/OC(=O)C=C(C)C. The molecule has 1 aromatic heterocycles. The first kappa shape index (κ1) is 23.7. The minimum absolute atomic E-state index is 0.0907. The van der Waals surface area contributed by atoms with Crippen LogP contribution in [0.25, 0.3) is 5.57 Å². The average Bonchev–Trinajstić information content (AvgIpc) is 2.76. The number of esters is 1. The molecule has 2 rings (SSSR count). The van der Waals surface area contributed by atoms with Gasteiger partial charge in [0, 0.05) is 17.6 Å². The molecule has 1 heterocycles. The molecule has 0 aromatic carbocycles. The van der Waals surface area contributed by atoms with E-state index in [1.54, 1.807) is 0 Å². The van der Waals surface area contributed by atoms with Crippen LogP contribution in [-0.4, -0.2) is 22.8 Å². The summed E-state index contributed by atoms with van der Waals surface area (Å²) in [6.07, 6.45) is 11.5. The Bertz CT molecular complexity index is 890. The van der Waals surface area contributed by atoms with Crippen molar-refractivity contribution >= 4 is 11.5 Å². The van der Waals surface area contributed by atoms with E-state index < -0.39 is 12.6 Å². The van der Waals surface area contributed by atoms with Crippen LogP contribution < -0.4 is 0 Å². The lowest BCUT2D eigenvalue weighted by Crippen LogP contribution is -2.24. The molecule has 0 saturated heterocycles. The Morgan fingerprint density at radius 2 is 2.00 bits per heavy atom. The molecule has 4 nitrogen and oxygen atoms in total. The van der Waals surface area contributed by atoms with Crippen LogP contribution in [0.4, 0.5) is 4.39 Å². The lowest BCUT2D eigenvalue weighted by molar-refractivity contribution is -0.132. The Kier molecular flexibility index (Phi) is 8.27. The van der Waals surface area contributed by atoms with E-state index in [4.69, 9.17) is 4.74 Å². The van der Waals surface area contributed by atoms with E-state index in [1.807, 2.05) is 39.0 Å². The minimum atomic E-state index is -0.583. The predicted octanol–water partition coefficient (Wildman–Crippen LogP) is 6.40. The molecule has 1 aliphatic rings. The zero-order valence-corrected chi connectivity index (χ0v) is 19.0. The fraction of sp³-hybridized carbons (Fsp3) is 0.480. The Labute approximate surface area is 179 Å². The summed E-state index contributed by atoms with van der Waals surface area (Å²) in [5.74, 6) is -0.495. The fourth-order valence-electron chi connectivity index (χ4n) is 3.81. The van der Waals surface area contributed by atoms with E-state index in [0.29, 0.717) is 17.7 Å². The third-order valence-corrected chi connectivity index (χ3v) is 5.42. The molecule has 0 radical (unpaired) electrons. The number of carbonyl (C=O) groups is 1. The number of fused-ring (bicyclic) bond motifs is 1. The van der Waals surface area contributed by atoms with Gasteiger partial charge in [-0.3, -0.25) is 0 Å². The lowest BCUT2D eigenvalue weighted by Gasteiger charge is -2.35. The van der Waals surface area contributed by atoms with Crippen LogP contribution in [0.3, 0.4) is 0 Å². The summed E-state index contributed by atoms with van der Waals surface area (Å²) in [5.41, 5.74) is 4.84. The Hall–Kier alpha value is -2.56. The van der Waals surface area contributed by atoms with Crippen molar-refractivity contribution in [1.29, 1.82) is 0 Å². The van der Waals surface area contributed by atoms with Gasteiger partial charge in [0.1, 0.15) is 6.67 Å². The summed E-state index contributed by atoms with van der Waals surface area (Å²) in [7, 11) is 0. The largest absolute Gasteiger partial charge is 0.432 e. The molecular formula is C25H33FN2O2. The number of aryl methyl sites for hydroxylation is 1. The number of rotatable bonds is 7. The van der Waals surface area contributed by atoms with Gasteiger partial charge in [-0.1, -0.05) is 30.2 Å². The second kappa shape index (κ2) is 10.5. The van der Waals surface area contributed by atoms with E-state index in [2.05, 4.69) is 37.0 Å². The number of aromatic nitrogens is 2. The maximum atomic E-state index is 13.8. The molecule has 0 saturated carbocycles. The highest BCUT2D eigenvalue weighted by Gasteiger charge is 2.37. The number of alkyl halides is 1. The summed E-state index contributed by atoms with van der Waals surface area (Å²) in [6, 6.07) is 1.98. The smallest absolute Gasteiger partial charge is 0.335 e. The van der Waals surface area contributed by atoms with Crippen molar-refractivity contribution in [1.82, 2.24) is 10.2 Å². The zero-order chi connectivity index (χ0) is 22.3. The second-order valence-electron chi connectivity index (χ2n) is 8.80. The summed E-state index contributed by atoms with van der Waals surface area (Å²) >= 11 is 0. The van der Waals surface area contributed by atoms with Crippen molar-refractivity contribution in [3.05, 3.63) is 64.7 Å². The normalized spacial score (nSPS) is 20.8. The van der Waals surface area contributed by atoms with Gasteiger partial charge in [-0.15, -0.1) is 0 Å². The quantitative estimate of drug-likeness (QED) is 0.225. The molecule has 2 atom stereocenters. The second-order valence-corrected chi connectivity index (χ2v) is 8.80. The van der Waals surface area contributed by atoms with Crippen molar-refractivity contribution in [3.8, 4) is 0 Å². The van der Waals surface area contributed by atoms with Crippen molar-refractivity contribution < 1.29 is 13.9 Å². The van der Waals surface area contributed by atoms with E-state index in [1.165, 1.54) is 17.9 Å². The van der Waals surface area contributed by atoms with Crippen LogP contribution in [0, 0.1) is 12.3 Å². The molecule has 0 amide bonds. The summed E-state index contributed by atoms with van der Waals surface area (Å²) < 4.78 is 19.1. The van der Waals surface area contributed by atoms with Gasteiger partial charge in [-0.05, 0) is 77.0 Å². The van der Waals surface area contributed by atoms with Crippen molar-refractivity contribution in [2.24, 2.45) is 5.41 Å². The van der Waals surface area contributed by atoms with Gasteiger partial charge in [0.15, 0.2) is 0 Å². The number of halogens is 1. The predicted molar refractivity (Wildman–Crippen MR) is 120 cm³/mol. The van der Waals surface area contributed by atoms with Gasteiger partial charge in [0.05, 0.1) is 17.6 Å². The highest BCUT2D eigenvalue weighted by Crippen LogP contribution is 2.48. The molecule has 0 N–H and O–H groups in total. The minimum Gasteiger partial charge on any atom is -0.432 e. The molecule has 0 bridgehead atoms. The average molecular weight is 413 g/mol. The van der Waals surface area contributed by atoms with Crippen molar-refractivity contribution in [3.63, 3.8) is 0 Å². The highest BCUT2D eigenvalue weighted by atomic mass is 19.1. The van der Waals surface area contributed by atoms with Crippen LogP contribution in [0.15, 0.2) is 47.8 Å². The van der Waals surface area contributed by atoms with Gasteiger partial charge >= 0.3 is 5.97 Å². The lowest BCUT2D eigenvalue weighted by atomic mass is 9.69. The Morgan fingerprint density at radius 3 is 2.63 bits per heavy atom. The number of carbonyl (C=O) groups excluding carboxylic acids is 1. The number of hydrogen-bond acceptors (Lipinski definition) is 4. The van der Waals surface area contributed by atoms with Gasteiger partial charge in [-0.2, -0.15) is 10.2 Å². The molecule has 0 unspecified atom stereocenters. The first-order valence-corrected chi connectivity index (χ1v) is 10.4. The van der Waals surface area contributed by atoms with Crippen molar-refractivity contribution in [2.45, 2.75) is 66.7 Å². The number of allylic oxidation sites excluding steroid dienone is 6. The van der Waals surface area contributed by atoms with Gasteiger partial charge < -0.3 is 4.74 Å². The molecule has 162 valence electrons. The van der Waals surface area contributed by atoms with Crippen LogP contribution in [0.1, 0.15) is 76.8 Å². The topological polar surface area (TPSA) is 52.1 Å². The van der Waals surface area contributed by atoms with E-state index >= 15 is 0 Å². The molecule has 30 heavy (non-hydrogen) atoms. The standard InChI is InChI=1S/C25H33FN2O2/c1-17(2)8-7-11-25(6)12-9-20(16-26)24-21(15-19(5)27-28-24)22(25)10-13-30-23(29)14-18(3)4/h8-10,13-15,22H,7,11-12,16H2,1-6H3/b13-10+/t22-,25-/m0/s1. The van der Waals surface area contributed by atoms with Crippen molar-refractivity contribution in [2.75, 3.05) is 6.67 Å². The van der Waals surface area contributed by atoms with E-state index in [-0.39, 0.29) is 11.3 Å². The number of hydrogen-bond donors (Lipinski definition) is 0. The van der Waals surface area contributed by atoms with Gasteiger partial charge in [0.2, 0.25) is 0 Å². The first-order valence-electron chi connectivity index (χ1n) is 10.4. The monoisotopic (exact) mass is 412 g/mol. The maximum absolute atomic E-state index is 13.8. The van der Waals surface area contributed by atoms with Crippen LogP contribution in [-0.2, 0) is 9.53 Å². The van der Waals surface area contributed by atoms with Gasteiger partial charge in [0.25, 0.3) is 0 Å². The van der Waals surface area contributed by atoms with Crippen LogP contribution >= 0.6 is 0 Å². The molecule has 1 aromatic rings. The molecular weight excluding hydrogens is 379 g/mol. The highest BCUT2D eigenvalue weighted by molar-refractivity contribution is 5.83. The number of nitrogens with zero attached hydrogens (tertiary/aromatic N) is 2. The van der Waals surface area contributed by atoms with E-state index in [0.717, 1.165) is 29.7 Å². The number of ether oxygens (including phenoxy) is 1. The fourth-order valence-corrected chi connectivity index (χ4v) is 3.81.